The molecule has 122 valence electrons. The molecule has 1 saturated carbocycles. The topological polar surface area (TPSA) is 74.6 Å². The monoisotopic (exact) mass is 298 g/mol. The quantitative estimate of drug-likeness (QED) is 0.684. The number of aliphatic carboxylic acids is 1. The average molecular weight is 298 g/mol. The summed E-state index contributed by atoms with van der Waals surface area (Å²) in [6.45, 7) is 6.13. The number of carbonyl (C=O) groups is 2. The Morgan fingerprint density at radius 2 is 1.90 bits per heavy atom. The fourth-order valence-corrected chi connectivity index (χ4v) is 3.40. The van der Waals surface area contributed by atoms with Crippen LogP contribution in [0.1, 0.15) is 72.1 Å². The van der Waals surface area contributed by atoms with Crippen LogP contribution in [0.15, 0.2) is 0 Å². The van der Waals surface area contributed by atoms with Gasteiger partial charge in [0.05, 0.1) is 12.5 Å². The summed E-state index contributed by atoms with van der Waals surface area (Å²) in [6.07, 6.45) is 5.27. The summed E-state index contributed by atoms with van der Waals surface area (Å²) >= 11 is 0. The van der Waals surface area contributed by atoms with Gasteiger partial charge in [-0.05, 0) is 37.5 Å². The molecule has 0 radical (unpaired) electrons. The largest absolute Gasteiger partial charge is 0.481 e. The molecule has 4 heteroatoms. The highest BCUT2D eigenvalue weighted by Crippen LogP contribution is 2.38. The number of ketones is 1. The number of hydrogen-bond acceptors (Lipinski definition) is 3. The minimum absolute atomic E-state index is 0.0131. The fraction of sp³-hybridized carbons (Fsp3) is 0.882. The van der Waals surface area contributed by atoms with E-state index in [1.165, 1.54) is 0 Å². The molecule has 21 heavy (non-hydrogen) atoms. The SMILES string of the molecule is CCCCC(C)(C)C(=O)CCC1CCC(O)C1CC(=O)O. The number of Topliss-reactive ketones (excluding diaryl/α,β-unsaturated/α-hetero) is 1. The second kappa shape index (κ2) is 7.92. The van der Waals surface area contributed by atoms with Gasteiger partial charge < -0.3 is 10.2 Å². The Kier molecular flexibility index (Phi) is 6.85. The predicted octanol–water partition coefficient (Wildman–Crippen LogP) is 3.41. The molecular weight excluding hydrogens is 268 g/mol. The van der Waals surface area contributed by atoms with Crippen molar-refractivity contribution in [1.29, 1.82) is 0 Å². The van der Waals surface area contributed by atoms with Crippen LogP contribution in [0.2, 0.25) is 0 Å². The Hall–Kier alpha value is -0.900. The van der Waals surface area contributed by atoms with Crippen LogP contribution in [0, 0.1) is 17.3 Å². The Balaban J connectivity index is 2.49. The number of carboxylic acids is 1. The second-order valence-electron chi connectivity index (χ2n) is 7.12. The lowest BCUT2D eigenvalue weighted by atomic mass is 9.79. The number of unbranched alkanes of at least 4 members (excludes halogenated alkanes) is 1. The average Bonchev–Trinajstić information content (AvgIpc) is 2.74. The third kappa shape index (κ3) is 5.42. The molecule has 0 spiro atoms. The molecule has 1 rings (SSSR count). The Morgan fingerprint density at radius 3 is 2.48 bits per heavy atom. The van der Waals surface area contributed by atoms with Crippen molar-refractivity contribution >= 4 is 11.8 Å². The number of hydrogen-bond donors (Lipinski definition) is 2. The maximum Gasteiger partial charge on any atom is 0.303 e. The van der Waals surface area contributed by atoms with Gasteiger partial charge in [-0.25, -0.2) is 0 Å². The number of carbonyl (C=O) groups excluding carboxylic acids is 1. The molecule has 1 aliphatic rings. The Labute approximate surface area is 127 Å². The molecule has 0 amide bonds. The van der Waals surface area contributed by atoms with Crippen LogP contribution >= 0.6 is 0 Å². The van der Waals surface area contributed by atoms with Crippen molar-refractivity contribution in [1.82, 2.24) is 0 Å². The fourth-order valence-electron chi connectivity index (χ4n) is 3.40. The molecule has 3 unspecified atom stereocenters. The van der Waals surface area contributed by atoms with Crippen molar-refractivity contribution in [2.75, 3.05) is 0 Å². The van der Waals surface area contributed by atoms with Gasteiger partial charge in [0.25, 0.3) is 0 Å². The van der Waals surface area contributed by atoms with E-state index in [1.54, 1.807) is 0 Å². The van der Waals surface area contributed by atoms with Crippen molar-refractivity contribution in [3.63, 3.8) is 0 Å². The first-order chi connectivity index (χ1) is 9.77. The van der Waals surface area contributed by atoms with Gasteiger partial charge in [-0.3, -0.25) is 9.59 Å². The summed E-state index contributed by atoms with van der Waals surface area (Å²) in [7, 11) is 0. The lowest BCUT2D eigenvalue weighted by Gasteiger charge is -2.25. The molecule has 4 nitrogen and oxygen atoms in total. The molecule has 0 heterocycles. The van der Waals surface area contributed by atoms with Crippen molar-refractivity contribution < 1.29 is 19.8 Å². The summed E-state index contributed by atoms with van der Waals surface area (Å²) in [5.41, 5.74) is -0.282. The third-order valence-electron chi connectivity index (χ3n) is 5.00. The number of aliphatic hydroxyl groups is 1. The lowest BCUT2D eigenvalue weighted by molar-refractivity contribution is -0.139. The van der Waals surface area contributed by atoms with Gasteiger partial charge in [-0.15, -0.1) is 0 Å². The first-order valence-electron chi connectivity index (χ1n) is 8.21. The molecule has 0 bridgehead atoms. The van der Waals surface area contributed by atoms with E-state index >= 15 is 0 Å². The normalized spacial score (nSPS) is 26.0. The van der Waals surface area contributed by atoms with Crippen molar-refractivity contribution in [2.24, 2.45) is 17.3 Å². The minimum Gasteiger partial charge on any atom is -0.481 e. The molecule has 2 N–H and O–H groups in total. The Morgan fingerprint density at radius 1 is 1.24 bits per heavy atom. The van der Waals surface area contributed by atoms with Gasteiger partial charge in [-0.1, -0.05) is 33.6 Å². The molecule has 1 aliphatic carbocycles. The summed E-state index contributed by atoms with van der Waals surface area (Å²) in [5.74, 6) is -0.608. The molecule has 3 atom stereocenters. The van der Waals surface area contributed by atoms with E-state index in [9.17, 15) is 14.7 Å². The van der Waals surface area contributed by atoms with Crippen molar-refractivity contribution in [3.05, 3.63) is 0 Å². The van der Waals surface area contributed by atoms with Crippen LogP contribution in [0.5, 0.6) is 0 Å². The summed E-state index contributed by atoms with van der Waals surface area (Å²) < 4.78 is 0. The summed E-state index contributed by atoms with van der Waals surface area (Å²) in [6, 6.07) is 0. The molecule has 0 aliphatic heterocycles. The van der Waals surface area contributed by atoms with Crippen LogP contribution in [-0.4, -0.2) is 28.1 Å². The van der Waals surface area contributed by atoms with Gasteiger partial charge in [0.2, 0.25) is 0 Å². The third-order valence-corrected chi connectivity index (χ3v) is 5.00. The first kappa shape index (κ1) is 18.1. The van der Waals surface area contributed by atoms with Crippen LogP contribution < -0.4 is 0 Å². The smallest absolute Gasteiger partial charge is 0.303 e. The Bertz CT molecular complexity index is 362. The zero-order valence-corrected chi connectivity index (χ0v) is 13.6. The maximum absolute atomic E-state index is 12.4. The number of aliphatic hydroxyl groups excluding tert-OH is 1. The van der Waals surface area contributed by atoms with Crippen LogP contribution in [0.25, 0.3) is 0 Å². The highest BCUT2D eigenvalue weighted by atomic mass is 16.4. The van der Waals surface area contributed by atoms with Gasteiger partial charge in [0.15, 0.2) is 0 Å². The van der Waals surface area contributed by atoms with E-state index in [-0.39, 0.29) is 29.5 Å². The standard InChI is InChI=1S/C17H30O4/c1-4-5-10-17(2,3)15(19)9-7-12-6-8-14(18)13(12)11-16(20)21/h12-14,18H,4-11H2,1-3H3,(H,20,21). The lowest BCUT2D eigenvalue weighted by Crippen LogP contribution is -2.26. The number of carboxylic acid groups (broad SMARTS) is 1. The van der Waals surface area contributed by atoms with Gasteiger partial charge in [0.1, 0.15) is 5.78 Å². The van der Waals surface area contributed by atoms with E-state index < -0.39 is 12.1 Å². The maximum atomic E-state index is 12.4. The summed E-state index contributed by atoms with van der Waals surface area (Å²) in [5, 5.41) is 18.8. The second-order valence-corrected chi connectivity index (χ2v) is 7.12. The molecule has 0 aromatic heterocycles. The van der Waals surface area contributed by atoms with E-state index in [1.807, 2.05) is 13.8 Å². The minimum atomic E-state index is -0.861. The van der Waals surface area contributed by atoms with Gasteiger partial charge >= 0.3 is 5.97 Å². The van der Waals surface area contributed by atoms with Crippen molar-refractivity contribution in [3.8, 4) is 0 Å². The highest BCUT2D eigenvalue weighted by Gasteiger charge is 2.37. The molecule has 1 fully saturated rings. The van der Waals surface area contributed by atoms with Gasteiger partial charge in [0, 0.05) is 11.8 Å². The van der Waals surface area contributed by atoms with Gasteiger partial charge in [-0.2, -0.15) is 0 Å². The van der Waals surface area contributed by atoms with E-state index in [0.717, 1.165) is 25.7 Å². The van der Waals surface area contributed by atoms with Crippen LogP contribution in [-0.2, 0) is 9.59 Å². The highest BCUT2D eigenvalue weighted by molar-refractivity contribution is 5.84. The van der Waals surface area contributed by atoms with E-state index in [0.29, 0.717) is 19.3 Å². The first-order valence-corrected chi connectivity index (χ1v) is 8.21. The van der Waals surface area contributed by atoms with E-state index in [4.69, 9.17) is 5.11 Å². The van der Waals surface area contributed by atoms with E-state index in [2.05, 4.69) is 6.92 Å². The zero-order chi connectivity index (χ0) is 16.0. The molecule has 0 saturated heterocycles. The molecule has 0 aromatic rings. The number of rotatable bonds is 9. The molecular formula is C17H30O4. The van der Waals surface area contributed by atoms with Crippen LogP contribution in [0.3, 0.4) is 0 Å². The zero-order valence-electron chi connectivity index (χ0n) is 13.6. The van der Waals surface area contributed by atoms with Crippen molar-refractivity contribution in [2.45, 2.75) is 78.2 Å². The molecule has 0 aromatic carbocycles. The summed E-state index contributed by atoms with van der Waals surface area (Å²) in [4.78, 5) is 23.2. The van der Waals surface area contributed by atoms with Crippen LogP contribution in [0.4, 0.5) is 0 Å². The predicted molar refractivity (Wildman–Crippen MR) is 82.0 cm³/mol.